The number of hydrazine groups is 1. The summed E-state index contributed by atoms with van der Waals surface area (Å²) in [5.41, 5.74) is 0.262. The van der Waals surface area contributed by atoms with Gasteiger partial charge in [0.15, 0.2) is 0 Å². The van der Waals surface area contributed by atoms with E-state index in [1.807, 2.05) is 11.5 Å². The Morgan fingerprint density at radius 2 is 1.86 bits per heavy atom. The van der Waals surface area contributed by atoms with Crippen molar-refractivity contribution in [2.75, 3.05) is 0 Å². The van der Waals surface area contributed by atoms with Crippen LogP contribution in [0.5, 0.6) is 0 Å². The van der Waals surface area contributed by atoms with Crippen LogP contribution in [-0.4, -0.2) is 10.5 Å². The van der Waals surface area contributed by atoms with Gasteiger partial charge in [-0.05, 0) is 29.8 Å². The van der Waals surface area contributed by atoms with Crippen LogP contribution in [0.15, 0.2) is 53.5 Å². The standard InChI is InChI=1S/C19H13F3N4O2/c20-19(21,22)15-3-1-2-13-16(15)26(10-14(17(13)27)18(28)25-24)9-12-6-4-11(8-23)5-7-12/h1-7,10H,9,24H2,(H,25,28). The molecule has 0 saturated heterocycles. The predicted octanol–water partition coefficient (Wildman–Crippen LogP) is 2.54. The molecule has 1 amide bonds. The zero-order chi connectivity index (χ0) is 20.5. The van der Waals surface area contributed by atoms with E-state index in [2.05, 4.69) is 0 Å². The third-order valence-electron chi connectivity index (χ3n) is 4.21. The van der Waals surface area contributed by atoms with Gasteiger partial charge in [0.1, 0.15) is 5.56 Å². The van der Waals surface area contributed by atoms with Crippen LogP contribution < -0.4 is 16.7 Å². The van der Waals surface area contributed by atoms with E-state index in [1.54, 1.807) is 12.1 Å². The van der Waals surface area contributed by atoms with Gasteiger partial charge in [0.2, 0.25) is 5.43 Å². The molecule has 1 heterocycles. The van der Waals surface area contributed by atoms with Crippen LogP contribution >= 0.6 is 0 Å². The molecule has 0 unspecified atom stereocenters. The zero-order valence-corrected chi connectivity index (χ0v) is 14.2. The van der Waals surface area contributed by atoms with Gasteiger partial charge in [-0.3, -0.25) is 15.0 Å². The first-order valence-corrected chi connectivity index (χ1v) is 7.99. The number of carbonyl (C=O) groups excluding carboxylic acids is 1. The summed E-state index contributed by atoms with van der Waals surface area (Å²) in [6.07, 6.45) is -3.64. The summed E-state index contributed by atoms with van der Waals surface area (Å²) in [4.78, 5) is 24.5. The fraction of sp³-hybridized carbons (Fsp3) is 0.105. The molecule has 28 heavy (non-hydrogen) atoms. The summed E-state index contributed by atoms with van der Waals surface area (Å²) in [6.45, 7) is -0.0551. The van der Waals surface area contributed by atoms with Gasteiger partial charge >= 0.3 is 6.18 Å². The van der Waals surface area contributed by atoms with Crippen molar-refractivity contribution < 1.29 is 18.0 Å². The van der Waals surface area contributed by atoms with Gasteiger partial charge < -0.3 is 4.57 Å². The number of hydrogen-bond donors (Lipinski definition) is 2. The van der Waals surface area contributed by atoms with Crippen molar-refractivity contribution >= 4 is 16.8 Å². The second kappa shape index (κ2) is 7.17. The summed E-state index contributed by atoms with van der Waals surface area (Å²) in [7, 11) is 0. The number of aromatic nitrogens is 1. The van der Waals surface area contributed by atoms with Crippen molar-refractivity contribution in [1.82, 2.24) is 9.99 Å². The summed E-state index contributed by atoms with van der Waals surface area (Å²) < 4.78 is 41.8. The first-order valence-electron chi connectivity index (χ1n) is 7.99. The molecule has 0 saturated carbocycles. The van der Waals surface area contributed by atoms with Gasteiger partial charge in [-0.25, -0.2) is 5.84 Å². The molecule has 1 aromatic heterocycles. The van der Waals surface area contributed by atoms with Crippen molar-refractivity contribution in [3.63, 3.8) is 0 Å². The number of nitrogens with zero attached hydrogens (tertiary/aromatic N) is 2. The topological polar surface area (TPSA) is 101 Å². The van der Waals surface area contributed by atoms with E-state index in [0.717, 1.165) is 18.3 Å². The van der Waals surface area contributed by atoms with E-state index < -0.39 is 23.1 Å². The van der Waals surface area contributed by atoms with Crippen molar-refractivity contribution in [3.8, 4) is 6.07 Å². The molecule has 0 aliphatic heterocycles. The van der Waals surface area contributed by atoms with Crippen molar-refractivity contribution in [1.29, 1.82) is 5.26 Å². The Morgan fingerprint density at radius 1 is 1.18 bits per heavy atom. The molecule has 0 fully saturated rings. The number of nitrogen functional groups attached to an aromatic ring is 1. The Morgan fingerprint density at radius 3 is 2.43 bits per heavy atom. The lowest BCUT2D eigenvalue weighted by molar-refractivity contribution is -0.136. The minimum Gasteiger partial charge on any atom is -0.342 e. The van der Waals surface area contributed by atoms with E-state index in [0.29, 0.717) is 11.1 Å². The van der Waals surface area contributed by atoms with E-state index in [-0.39, 0.29) is 23.0 Å². The molecule has 0 atom stereocenters. The Hall–Kier alpha value is -3.64. The molecule has 2 aromatic carbocycles. The molecule has 0 aliphatic carbocycles. The Balaban J connectivity index is 2.31. The van der Waals surface area contributed by atoms with Gasteiger partial charge in [-0.2, -0.15) is 18.4 Å². The number of rotatable bonds is 3. The fourth-order valence-electron chi connectivity index (χ4n) is 2.93. The first-order chi connectivity index (χ1) is 13.3. The number of pyridine rings is 1. The minimum absolute atomic E-state index is 0.0551. The molecule has 3 rings (SSSR count). The number of halogens is 3. The maximum absolute atomic E-state index is 13.5. The average Bonchev–Trinajstić information content (AvgIpc) is 2.69. The zero-order valence-electron chi connectivity index (χ0n) is 14.2. The highest BCUT2D eigenvalue weighted by molar-refractivity contribution is 5.97. The number of hydrogen-bond acceptors (Lipinski definition) is 4. The summed E-state index contributed by atoms with van der Waals surface area (Å²) in [5, 5.41) is 8.62. The van der Waals surface area contributed by atoms with Gasteiger partial charge in [0.25, 0.3) is 5.91 Å². The maximum Gasteiger partial charge on any atom is 0.418 e. The number of amides is 1. The fourth-order valence-corrected chi connectivity index (χ4v) is 2.93. The van der Waals surface area contributed by atoms with Crippen LogP contribution in [0, 0.1) is 11.3 Å². The normalized spacial score (nSPS) is 11.2. The molecule has 0 bridgehead atoms. The third kappa shape index (κ3) is 3.45. The van der Waals surface area contributed by atoms with E-state index in [4.69, 9.17) is 11.1 Å². The lowest BCUT2D eigenvalue weighted by Gasteiger charge is -2.18. The molecule has 142 valence electrons. The largest absolute Gasteiger partial charge is 0.418 e. The highest BCUT2D eigenvalue weighted by atomic mass is 19.4. The number of nitrogens with one attached hydrogen (secondary N) is 1. The summed E-state index contributed by atoms with van der Waals surface area (Å²) in [5.74, 6) is 4.19. The highest BCUT2D eigenvalue weighted by Crippen LogP contribution is 2.34. The molecule has 6 nitrogen and oxygen atoms in total. The van der Waals surface area contributed by atoms with Crippen LogP contribution in [0.2, 0.25) is 0 Å². The number of para-hydroxylation sites is 1. The maximum atomic E-state index is 13.5. The van der Waals surface area contributed by atoms with Gasteiger partial charge in [0.05, 0.1) is 22.7 Å². The molecule has 0 radical (unpaired) electrons. The Kier molecular flexibility index (Phi) is 4.90. The second-order valence-electron chi connectivity index (χ2n) is 5.98. The van der Waals surface area contributed by atoms with Crippen LogP contribution in [0.1, 0.15) is 27.0 Å². The van der Waals surface area contributed by atoms with Gasteiger partial charge in [-0.1, -0.05) is 18.2 Å². The number of alkyl halides is 3. The van der Waals surface area contributed by atoms with Gasteiger partial charge in [0, 0.05) is 18.1 Å². The third-order valence-corrected chi connectivity index (χ3v) is 4.21. The SMILES string of the molecule is N#Cc1ccc(Cn2cc(C(=O)NN)c(=O)c3cccc(C(F)(F)F)c32)cc1. The molecular weight excluding hydrogens is 373 g/mol. The van der Waals surface area contributed by atoms with Crippen LogP contribution in [0.25, 0.3) is 10.9 Å². The lowest BCUT2D eigenvalue weighted by atomic mass is 10.0. The predicted molar refractivity (Wildman–Crippen MR) is 95.1 cm³/mol. The number of nitriles is 1. The smallest absolute Gasteiger partial charge is 0.342 e. The second-order valence-corrected chi connectivity index (χ2v) is 5.98. The van der Waals surface area contributed by atoms with Crippen molar-refractivity contribution in [3.05, 3.63) is 81.1 Å². The molecule has 0 aliphatic rings. The van der Waals surface area contributed by atoms with Crippen LogP contribution in [-0.2, 0) is 12.7 Å². The first kappa shape index (κ1) is 19.1. The molecule has 3 aromatic rings. The minimum atomic E-state index is -4.70. The van der Waals surface area contributed by atoms with E-state index in [1.165, 1.54) is 22.8 Å². The lowest BCUT2D eigenvalue weighted by Crippen LogP contribution is -2.34. The molecular formula is C19H13F3N4O2. The molecule has 9 heteroatoms. The van der Waals surface area contributed by atoms with Crippen LogP contribution in [0.4, 0.5) is 13.2 Å². The monoisotopic (exact) mass is 386 g/mol. The quantitative estimate of drug-likeness (QED) is 0.410. The number of benzene rings is 2. The molecule has 0 spiro atoms. The molecule has 3 N–H and O–H groups in total. The average molecular weight is 386 g/mol. The Bertz CT molecular complexity index is 1160. The van der Waals surface area contributed by atoms with Crippen molar-refractivity contribution in [2.45, 2.75) is 12.7 Å². The summed E-state index contributed by atoms with van der Waals surface area (Å²) >= 11 is 0. The number of fused-ring (bicyclic) bond motifs is 1. The van der Waals surface area contributed by atoms with E-state index >= 15 is 0 Å². The summed E-state index contributed by atoms with van der Waals surface area (Å²) in [6, 6.07) is 11.4. The van der Waals surface area contributed by atoms with E-state index in [9.17, 15) is 22.8 Å². The number of nitrogens with two attached hydrogens (primary N) is 1. The van der Waals surface area contributed by atoms with Crippen molar-refractivity contribution in [2.24, 2.45) is 5.84 Å². The number of carbonyl (C=O) groups is 1. The highest BCUT2D eigenvalue weighted by Gasteiger charge is 2.34. The Labute approximate surface area is 156 Å². The van der Waals surface area contributed by atoms with Crippen LogP contribution in [0.3, 0.4) is 0 Å². The van der Waals surface area contributed by atoms with Gasteiger partial charge in [-0.15, -0.1) is 0 Å².